The van der Waals surface area contributed by atoms with Crippen LogP contribution in [0.15, 0.2) is 61.1 Å². The molecule has 1 fully saturated rings. The van der Waals surface area contributed by atoms with Crippen molar-refractivity contribution in [3.05, 3.63) is 83.7 Å². The molecule has 0 radical (unpaired) electrons. The maximum atomic E-state index is 13.4. The number of benzene rings is 1. The molecule has 1 aliphatic rings. The van der Waals surface area contributed by atoms with Gasteiger partial charge in [0.25, 0.3) is 0 Å². The van der Waals surface area contributed by atoms with Crippen molar-refractivity contribution in [1.29, 1.82) is 0 Å². The Labute approximate surface area is 204 Å². The molecule has 4 heterocycles. The summed E-state index contributed by atoms with van der Waals surface area (Å²) in [6.45, 7) is 2.17. The van der Waals surface area contributed by atoms with Gasteiger partial charge in [0.2, 0.25) is 0 Å². The average Bonchev–Trinajstić information content (AvgIpc) is 3.27. The minimum absolute atomic E-state index is 0.113. The van der Waals surface area contributed by atoms with E-state index in [0.29, 0.717) is 26.2 Å². The number of likely N-dealkylation sites (tertiary alicyclic amines) is 1. The zero-order valence-corrected chi connectivity index (χ0v) is 19.6. The predicted octanol–water partition coefficient (Wildman–Crippen LogP) is 2.22. The second-order valence-electron chi connectivity index (χ2n) is 8.92. The lowest BCUT2D eigenvalue weighted by Crippen LogP contribution is -2.44. The van der Waals surface area contributed by atoms with E-state index in [1.54, 1.807) is 18.3 Å². The highest BCUT2D eigenvalue weighted by Gasteiger charge is 2.26. The number of halogens is 1. The van der Waals surface area contributed by atoms with Gasteiger partial charge in [0.1, 0.15) is 19.5 Å². The average molecular weight is 471 g/mol. The Bertz CT molecular complexity index is 1330. The number of hydrogen-bond acceptors (Lipinski definition) is 5. The number of nitrogens with one attached hydrogen (secondary N) is 2. The predicted molar refractivity (Wildman–Crippen MR) is 135 cm³/mol. The number of amides is 2. The monoisotopic (exact) mass is 471 g/mol. The molecule has 8 nitrogen and oxygen atoms in total. The van der Waals surface area contributed by atoms with Gasteiger partial charge >= 0.3 is 6.03 Å². The van der Waals surface area contributed by atoms with Crippen LogP contribution in [0.3, 0.4) is 0 Å². The zero-order valence-electron chi connectivity index (χ0n) is 19.6. The molecule has 0 saturated carbocycles. The molecule has 1 aromatic carbocycles. The fourth-order valence-corrected chi connectivity index (χ4v) is 4.46. The molecule has 5 rings (SSSR count). The molecule has 4 aromatic rings. The fraction of sp³-hybridized carbons (Fsp3) is 0.280. The number of pyridine rings is 1. The first-order valence-corrected chi connectivity index (χ1v) is 11.8. The maximum Gasteiger partial charge on any atom is 0.317 e. The molecule has 0 bridgehead atoms. The van der Waals surface area contributed by atoms with Crippen molar-refractivity contribution in [1.82, 2.24) is 29.8 Å². The molecule has 2 amide bonds. The molecule has 1 saturated heterocycles. The van der Waals surface area contributed by atoms with Crippen LogP contribution in [0.1, 0.15) is 35.6 Å². The van der Waals surface area contributed by atoms with E-state index < -0.39 is 0 Å². The highest BCUT2D eigenvalue weighted by atomic mass is 19.1. The summed E-state index contributed by atoms with van der Waals surface area (Å²) in [7, 11) is 2.00. The van der Waals surface area contributed by atoms with Crippen LogP contribution in [0, 0.1) is 5.82 Å². The lowest BCUT2D eigenvalue weighted by Gasteiger charge is -2.32. The smallest absolute Gasteiger partial charge is 0.317 e. The summed E-state index contributed by atoms with van der Waals surface area (Å²) in [5, 5.41) is 10.9. The molecule has 178 valence electrons. The molecule has 3 aromatic heterocycles. The Morgan fingerprint density at radius 2 is 2.03 bits per heavy atom. The number of aromatic nitrogens is 4. The number of piperidine rings is 1. The Morgan fingerprint density at radius 3 is 2.86 bits per heavy atom. The van der Waals surface area contributed by atoms with Crippen LogP contribution in [-0.2, 0) is 13.1 Å². The number of nitrogens with zero attached hydrogens (tertiary/aromatic N) is 5. The van der Waals surface area contributed by atoms with E-state index in [2.05, 4.69) is 20.7 Å². The van der Waals surface area contributed by atoms with Crippen molar-refractivity contribution in [3.8, 4) is 0 Å². The van der Waals surface area contributed by atoms with Crippen LogP contribution in [0.25, 0.3) is 5.65 Å². The van der Waals surface area contributed by atoms with Gasteiger partial charge < -0.3 is 15.5 Å². The van der Waals surface area contributed by atoms with Crippen LogP contribution in [0.5, 0.6) is 0 Å². The third-order valence-corrected chi connectivity index (χ3v) is 6.32. The maximum absolute atomic E-state index is 13.4. The van der Waals surface area contributed by atoms with Gasteiger partial charge in [-0.25, -0.2) is 14.2 Å². The lowest BCUT2D eigenvalue weighted by molar-refractivity contribution is 0.178. The third-order valence-electron chi connectivity index (χ3n) is 6.32. The zero-order chi connectivity index (χ0) is 24.2. The molecule has 0 aliphatic carbocycles. The van der Waals surface area contributed by atoms with E-state index in [4.69, 9.17) is 4.98 Å². The Morgan fingerprint density at radius 1 is 1.14 bits per heavy atom. The lowest BCUT2D eigenvalue weighted by atomic mass is 9.94. The first-order valence-electron chi connectivity index (χ1n) is 11.8. The van der Waals surface area contributed by atoms with Crippen molar-refractivity contribution in [3.63, 3.8) is 0 Å². The number of carbonyl (C=O) groups excluding carboxylic acids is 1. The summed E-state index contributed by atoms with van der Waals surface area (Å²) in [4.78, 5) is 23.8. The van der Waals surface area contributed by atoms with Gasteiger partial charge in [-0.1, -0.05) is 18.2 Å². The molecule has 1 unspecified atom stereocenters. The van der Waals surface area contributed by atoms with Gasteiger partial charge in [0.15, 0.2) is 5.65 Å². The standard InChI is InChI=1S/C25H27BFN7O/c26-21-15-31-34-23(29-14-18-5-2-8-28-12-18)11-22(32-24(21)34)19-6-3-9-33(16-19)25(35)30-13-17-4-1-7-20(27)10-17/h1-2,4-5,7-8,10-12,15,19,29H,3,6,9,13-14,16,26H2,(H,30,35). The first kappa shape index (κ1) is 22.8. The minimum atomic E-state index is -0.306. The highest BCUT2D eigenvalue weighted by molar-refractivity contribution is 6.36. The second-order valence-corrected chi connectivity index (χ2v) is 8.92. The van der Waals surface area contributed by atoms with Crippen molar-refractivity contribution in [2.75, 3.05) is 18.4 Å². The number of rotatable bonds is 6. The highest BCUT2D eigenvalue weighted by Crippen LogP contribution is 2.28. The molecule has 0 spiro atoms. The Balaban J connectivity index is 1.31. The van der Waals surface area contributed by atoms with Crippen molar-refractivity contribution < 1.29 is 9.18 Å². The van der Waals surface area contributed by atoms with E-state index in [-0.39, 0.29) is 17.8 Å². The SMILES string of the molecule is Bc1cnn2c(NCc3cccnc3)cc(C3CCCN(C(=O)NCc4cccc(F)c4)C3)nc12. The fourth-order valence-electron chi connectivity index (χ4n) is 4.46. The van der Waals surface area contributed by atoms with Crippen molar-refractivity contribution in [2.45, 2.75) is 31.8 Å². The number of urea groups is 1. The van der Waals surface area contributed by atoms with Crippen LogP contribution in [0.4, 0.5) is 15.0 Å². The van der Waals surface area contributed by atoms with E-state index in [0.717, 1.165) is 46.6 Å². The van der Waals surface area contributed by atoms with Gasteiger partial charge in [-0.2, -0.15) is 9.61 Å². The normalized spacial score (nSPS) is 15.8. The van der Waals surface area contributed by atoms with E-state index in [1.807, 2.05) is 47.9 Å². The molecule has 2 N–H and O–H groups in total. The summed E-state index contributed by atoms with van der Waals surface area (Å²) in [6.07, 6.45) is 7.25. The van der Waals surface area contributed by atoms with Crippen molar-refractivity contribution in [2.24, 2.45) is 0 Å². The van der Waals surface area contributed by atoms with Crippen LogP contribution in [0.2, 0.25) is 0 Å². The quantitative estimate of drug-likeness (QED) is 0.422. The summed E-state index contributed by atoms with van der Waals surface area (Å²) < 4.78 is 15.3. The number of hydrogen-bond donors (Lipinski definition) is 2. The number of carbonyl (C=O) groups is 1. The van der Waals surface area contributed by atoms with Crippen molar-refractivity contribution >= 4 is 30.8 Å². The van der Waals surface area contributed by atoms with E-state index in [9.17, 15) is 9.18 Å². The van der Waals surface area contributed by atoms with Gasteiger partial charge in [-0.05, 0) is 47.6 Å². The van der Waals surface area contributed by atoms with E-state index in [1.165, 1.54) is 12.1 Å². The van der Waals surface area contributed by atoms with E-state index >= 15 is 0 Å². The Kier molecular flexibility index (Phi) is 6.60. The molecular weight excluding hydrogens is 444 g/mol. The van der Waals surface area contributed by atoms with Gasteiger partial charge in [-0.15, -0.1) is 0 Å². The summed E-state index contributed by atoms with van der Waals surface area (Å²) >= 11 is 0. The topological polar surface area (TPSA) is 87.5 Å². The largest absolute Gasteiger partial charge is 0.366 e. The van der Waals surface area contributed by atoms with Gasteiger partial charge in [0, 0.05) is 56.8 Å². The summed E-state index contributed by atoms with van der Waals surface area (Å²) in [5.41, 5.74) is 4.55. The molecule has 1 aliphatic heterocycles. The van der Waals surface area contributed by atoms with Crippen LogP contribution in [-0.4, -0.2) is 51.4 Å². The van der Waals surface area contributed by atoms with Gasteiger partial charge in [-0.3, -0.25) is 4.98 Å². The van der Waals surface area contributed by atoms with Gasteiger partial charge in [0.05, 0.1) is 5.69 Å². The second kappa shape index (κ2) is 10.1. The molecular formula is C25H27BFN7O. The summed E-state index contributed by atoms with van der Waals surface area (Å²) in [5.74, 6) is 0.663. The summed E-state index contributed by atoms with van der Waals surface area (Å²) in [6, 6.07) is 12.1. The van der Waals surface area contributed by atoms with Crippen LogP contribution >= 0.6 is 0 Å². The minimum Gasteiger partial charge on any atom is -0.366 e. The third kappa shape index (κ3) is 5.26. The number of anilines is 1. The molecule has 1 atom stereocenters. The number of fused-ring (bicyclic) bond motifs is 1. The molecule has 35 heavy (non-hydrogen) atoms. The first-order chi connectivity index (χ1) is 17.1. The Hall–Kier alpha value is -3.95. The molecule has 10 heteroatoms. The van der Waals surface area contributed by atoms with Crippen LogP contribution < -0.4 is 16.1 Å².